The number of rotatable bonds is 4. The molecule has 0 N–H and O–H groups in total. The number of aryl methyl sites for hydroxylation is 2. The van der Waals surface area contributed by atoms with E-state index in [-0.39, 0.29) is 0 Å². The second-order valence-electron chi connectivity index (χ2n) is 4.50. The maximum atomic E-state index is 5.88. The maximum Gasteiger partial charge on any atom is 0.160 e. The van der Waals surface area contributed by atoms with Crippen molar-refractivity contribution in [1.29, 1.82) is 0 Å². The lowest BCUT2D eigenvalue weighted by atomic mass is 10.4. The van der Waals surface area contributed by atoms with Crippen LogP contribution in [0, 0.1) is 0 Å². The lowest BCUT2D eigenvalue weighted by Crippen LogP contribution is -2.10. The summed E-state index contributed by atoms with van der Waals surface area (Å²) in [4.78, 5) is 9.10. The summed E-state index contributed by atoms with van der Waals surface area (Å²) in [5, 5.41) is 4.20. The number of alkyl halides is 1. The molecular formula is C13H13BrClN5. The highest BCUT2D eigenvalue weighted by Gasteiger charge is 2.13. The summed E-state index contributed by atoms with van der Waals surface area (Å²) in [5.74, 6) is 1.48. The van der Waals surface area contributed by atoms with Gasteiger partial charge in [0.05, 0.1) is 12.2 Å². The molecule has 0 fully saturated rings. The molecule has 0 unspecified atom stereocenters. The molecule has 0 aromatic carbocycles. The van der Waals surface area contributed by atoms with E-state index in [2.05, 4.69) is 35.6 Å². The van der Waals surface area contributed by atoms with Gasteiger partial charge in [0.25, 0.3) is 0 Å². The third-order valence-corrected chi connectivity index (χ3v) is 3.81. The van der Waals surface area contributed by atoms with Gasteiger partial charge in [-0.05, 0) is 28.1 Å². The molecule has 0 radical (unpaired) electrons. The first-order chi connectivity index (χ1) is 9.69. The van der Waals surface area contributed by atoms with Gasteiger partial charge in [0.1, 0.15) is 11.3 Å². The summed E-state index contributed by atoms with van der Waals surface area (Å²) in [5.41, 5.74) is 2.85. The highest BCUT2D eigenvalue weighted by molar-refractivity contribution is 9.10. The summed E-state index contributed by atoms with van der Waals surface area (Å²) in [6.07, 6.45) is 4.29. The van der Waals surface area contributed by atoms with Crippen LogP contribution in [0.2, 0.25) is 0 Å². The van der Waals surface area contributed by atoms with Gasteiger partial charge in [-0.15, -0.1) is 11.6 Å². The Morgan fingerprint density at radius 3 is 2.95 bits per heavy atom. The molecule has 0 amide bonds. The van der Waals surface area contributed by atoms with Crippen LogP contribution in [-0.4, -0.2) is 30.2 Å². The van der Waals surface area contributed by atoms with Crippen LogP contribution in [0.3, 0.4) is 0 Å². The molecule has 0 bridgehead atoms. The zero-order chi connectivity index (χ0) is 14.1. The number of hydrogen-bond donors (Lipinski definition) is 0. The van der Waals surface area contributed by atoms with Gasteiger partial charge >= 0.3 is 0 Å². The van der Waals surface area contributed by atoms with Crippen LogP contribution in [-0.2, 0) is 20.0 Å². The fourth-order valence-corrected chi connectivity index (χ4v) is 2.68. The Balaban J connectivity index is 2.11. The average molecular weight is 355 g/mol. The van der Waals surface area contributed by atoms with Gasteiger partial charge in [-0.25, -0.2) is 9.97 Å². The highest BCUT2D eigenvalue weighted by Crippen LogP contribution is 2.20. The monoisotopic (exact) mass is 353 g/mol. The summed E-state index contributed by atoms with van der Waals surface area (Å²) < 4.78 is 4.88. The van der Waals surface area contributed by atoms with E-state index in [1.54, 1.807) is 12.4 Å². The molecule has 5 nitrogen and oxygen atoms in total. The van der Waals surface area contributed by atoms with Gasteiger partial charge < -0.3 is 4.57 Å². The second-order valence-corrected chi connectivity index (χ2v) is 5.79. The molecule has 104 valence electrons. The molecule has 0 aliphatic carbocycles. The number of halogens is 2. The van der Waals surface area contributed by atoms with Crippen molar-refractivity contribution in [2.75, 3.05) is 5.88 Å². The Kier molecular flexibility index (Phi) is 3.76. The molecule has 0 spiro atoms. The predicted octanol–water partition coefficient (Wildman–Crippen LogP) is 2.76. The zero-order valence-electron chi connectivity index (χ0n) is 10.9. The fourth-order valence-electron chi connectivity index (χ4n) is 2.19. The van der Waals surface area contributed by atoms with Crippen molar-refractivity contribution in [3.63, 3.8) is 0 Å². The van der Waals surface area contributed by atoms with E-state index >= 15 is 0 Å². The molecular weight excluding hydrogens is 342 g/mol. The first-order valence-electron chi connectivity index (χ1n) is 6.22. The average Bonchev–Trinajstić information content (AvgIpc) is 2.96. The largest absolute Gasteiger partial charge is 0.307 e. The van der Waals surface area contributed by atoms with Crippen LogP contribution in [0.4, 0.5) is 0 Å². The van der Waals surface area contributed by atoms with Crippen molar-refractivity contribution in [3.05, 3.63) is 40.5 Å². The third kappa shape index (κ3) is 2.45. The van der Waals surface area contributed by atoms with Gasteiger partial charge in [-0.1, -0.05) is 0 Å². The van der Waals surface area contributed by atoms with Crippen LogP contribution in [0.5, 0.6) is 0 Å². The number of nitrogens with zero attached hydrogens (tertiary/aromatic N) is 5. The SMILES string of the molecule is Cn1nccc1Cn1c(CCCl)nc2cc(Br)cnc21. The van der Waals surface area contributed by atoms with Crippen LogP contribution in [0.25, 0.3) is 11.2 Å². The Labute approximate surface area is 129 Å². The minimum absolute atomic E-state index is 0.538. The molecule has 3 aromatic heterocycles. The minimum Gasteiger partial charge on any atom is -0.307 e. The van der Waals surface area contributed by atoms with Crippen LogP contribution < -0.4 is 0 Å². The van der Waals surface area contributed by atoms with E-state index in [1.165, 1.54) is 0 Å². The minimum atomic E-state index is 0.538. The number of pyridine rings is 1. The molecule has 20 heavy (non-hydrogen) atoms. The Morgan fingerprint density at radius 1 is 1.40 bits per heavy atom. The quantitative estimate of drug-likeness (QED) is 0.677. The number of imidazole rings is 1. The van der Waals surface area contributed by atoms with Gasteiger partial charge in [0.2, 0.25) is 0 Å². The second kappa shape index (κ2) is 5.54. The Bertz CT molecular complexity index is 748. The van der Waals surface area contributed by atoms with E-state index in [0.717, 1.165) is 27.2 Å². The third-order valence-electron chi connectivity index (χ3n) is 3.19. The van der Waals surface area contributed by atoms with E-state index in [1.807, 2.05) is 23.9 Å². The Hall–Kier alpha value is -1.40. The zero-order valence-corrected chi connectivity index (χ0v) is 13.3. The van der Waals surface area contributed by atoms with Crippen molar-refractivity contribution >= 4 is 38.7 Å². The number of aromatic nitrogens is 5. The lowest BCUT2D eigenvalue weighted by molar-refractivity contribution is 0.655. The fraction of sp³-hybridized carbons (Fsp3) is 0.308. The first kappa shape index (κ1) is 13.6. The van der Waals surface area contributed by atoms with Gasteiger partial charge in [-0.3, -0.25) is 4.68 Å². The predicted molar refractivity (Wildman–Crippen MR) is 82.0 cm³/mol. The molecule has 0 aliphatic heterocycles. The van der Waals surface area contributed by atoms with E-state index in [4.69, 9.17) is 11.6 Å². The summed E-state index contributed by atoms with van der Waals surface area (Å²) in [6.45, 7) is 0.688. The van der Waals surface area contributed by atoms with E-state index in [9.17, 15) is 0 Å². The highest BCUT2D eigenvalue weighted by atomic mass is 79.9. The molecule has 3 aromatic rings. The van der Waals surface area contributed by atoms with Crippen molar-refractivity contribution in [3.8, 4) is 0 Å². The van der Waals surface area contributed by atoms with Crippen LogP contribution >= 0.6 is 27.5 Å². The molecule has 7 heteroatoms. The normalized spacial score (nSPS) is 11.3. The van der Waals surface area contributed by atoms with Gasteiger partial charge in [0, 0.05) is 36.2 Å². The standard InChI is InChI=1S/C13H13BrClN5/c1-19-10(3-5-17-19)8-20-12(2-4-15)18-11-6-9(14)7-16-13(11)20/h3,5-7H,2,4,8H2,1H3. The molecule has 3 rings (SSSR count). The number of fused-ring (bicyclic) bond motifs is 1. The first-order valence-corrected chi connectivity index (χ1v) is 7.55. The summed E-state index contributed by atoms with van der Waals surface area (Å²) in [6, 6.07) is 3.97. The van der Waals surface area contributed by atoms with Gasteiger partial charge in [0.15, 0.2) is 5.65 Å². The van der Waals surface area contributed by atoms with Crippen molar-refractivity contribution in [2.24, 2.45) is 7.05 Å². The van der Waals surface area contributed by atoms with Crippen molar-refractivity contribution < 1.29 is 0 Å². The Morgan fingerprint density at radius 2 is 2.25 bits per heavy atom. The molecule has 0 saturated carbocycles. The van der Waals surface area contributed by atoms with Crippen LogP contribution in [0.1, 0.15) is 11.5 Å². The molecule has 3 heterocycles. The van der Waals surface area contributed by atoms with E-state index < -0.39 is 0 Å². The van der Waals surface area contributed by atoms with Crippen molar-refractivity contribution in [2.45, 2.75) is 13.0 Å². The molecule has 0 aliphatic rings. The van der Waals surface area contributed by atoms with Gasteiger partial charge in [-0.2, -0.15) is 5.10 Å². The van der Waals surface area contributed by atoms with Crippen LogP contribution in [0.15, 0.2) is 29.0 Å². The number of hydrogen-bond acceptors (Lipinski definition) is 3. The lowest BCUT2D eigenvalue weighted by Gasteiger charge is -2.08. The van der Waals surface area contributed by atoms with E-state index in [0.29, 0.717) is 18.8 Å². The maximum absolute atomic E-state index is 5.88. The smallest absolute Gasteiger partial charge is 0.160 e. The molecule has 0 saturated heterocycles. The van der Waals surface area contributed by atoms with Crippen molar-refractivity contribution in [1.82, 2.24) is 24.3 Å². The molecule has 0 atom stereocenters. The topological polar surface area (TPSA) is 48.5 Å². The summed E-state index contributed by atoms with van der Waals surface area (Å²) >= 11 is 9.30. The summed E-state index contributed by atoms with van der Waals surface area (Å²) in [7, 11) is 1.93.